The lowest BCUT2D eigenvalue weighted by atomic mass is 10.0. The predicted octanol–water partition coefficient (Wildman–Crippen LogP) is 6.50. The van der Waals surface area contributed by atoms with Crippen molar-refractivity contribution in [2.24, 2.45) is 0 Å². The summed E-state index contributed by atoms with van der Waals surface area (Å²) in [6.45, 7) is 0.425. The molecule has 0 atom stereocenters. The number of ether oxygens (including phenoxy) is 1. The van der Waals surface area contributed by atoms with E-state index in [0.717, 1.165) is 20.4 Å². The Morgan fingerprint density at radius 3 is 2.41 bits per heavy atom. The van der Waals surface area contributed by atoms with Crippen molar-refractivity contribution in [3.63, 3.8) is 0 Å². The largest absolute Gasteiger partial charge is 0.488 e. The number of nitriles is 1. The van der Waals surface area contributed by atoms with Crippen LogP contribution in [0.25, 0.3) is 11.6 Å². The Morgan fingerprint density at radius 2 is 1.83 bits per heavy atom. The van der Waals surface area contributed by atoms with Crippen LogP contribution in [0.4, 0.5) is 5.69 Å². The van der Waals surface area contributed by atoms with Gasteiger partial charge in [-0.15, -0.1) is 0 Å². The number of nitro groups is 1. The molecular weight excluding hydrogens is 503 g/mol. The maximum Gasteiger partial charge on any atom is 0.269 e. The van der Waals surface area contributed by atoms with Gasteiger partial charge < -0.3 is 4.74 Å². The lowest BCUT2D eigenvalue weighted by molar-refractivity contribution is -0.384. The van der Waals surface area contributed by atoms with Gasteiger partial charge in [-0.2, -0.15) is 5.26 Å². The molecule has 3 aromatic rings. The molecule has 29 heavy (non-hydrogen) atoms. The van der Waals surface area contributed by atoms with Crippen LogP contribution in [0.3, 0.4) is 0 Å². The van der Waals surface area contributed by atoms with Crippen molar-refractivity contribution in [3.05, 3.63) is 102 Å². The van der Waals surface area contributed by atoms with Crippen molar-refractivity contribution in [2.45, 2.75) is 6.61 Å². The zero-order valence-corrected chi connectivity index (χ0v) is 17.9. The third-order valence-corrected chi connectivity index (χ3v) is 5.18. The van der Waals surface area contributed by atoms with E-state index in [0.29, 0.717) is 22.8 Å². The summed E-state index contributed by atoms with van der Waals surface area (Å²) in [6, 6.07) is 21.2. The summed E-state index contributed by atoms with van der Waals surface area (Å²) >= 11 is 8.08. The first kappa shape index (κ1) is 20.8. The lowest BCUT2D eigenvalue weighted by Gasteiger charge is -2.09. The number of rotatable bonds is 6. The van der Waals surface area contributed by atoms with Gasteiger partial charge in [-0.25, -0.2) is 0 Å². The van der Waals surface area contributed by atoms with Gasteiger partial charge in [0.1, 0.15) is 12.4 Å². The molecule has 0 fully saturated rings. The van der Waals surface area contributed by atoms with Crippen LogP contribution in [0, 0.1) is 25.0 Å². The normalized spacial score (nSPS) is 11.0. The van der Waals surface area contributed by atoms with Crippen LogP contribution < -0.4 is 4.74 Å². The number of hydrogen-bond donors (Lipinski definition) is 0. The number of allylic oxidation sites excluding steroid dienone is 1. The van der Waals surface area contributed by atoms with Crippen molar-refractivity contribution >= 4 is 51.5 Å². The molecule has 0 aliphatic rings. The van der Waals surface area contributed by atoms with Crippen LogP contribution in [0.2, 0.25) is 5.02 Å². The number of nitrogens with zero attached hydrogens (tertiary/aromatic N) is 2. The fourth-order valence-corrected chi connectivity index (χ4v) is 3.40. The van der Waals surface area contributed by atoms with Crippen molar-refractivity contribution < 1.29 is 9.66 Å². The zero-order chi connectivity index (χ0) is 20.8. The molecule has 0 aliphatic carbocycles. The molecule has 3 aromatic carbocycles. The van der Waals surface area contributed by atoms with Gasteiger partial charge >= 0.3 is 0 Å². The van der Waals surface area contributed by atoms with E-state index >= 15 is 0 Å². The molecule has 0 amide bonds. The number of benzene rings is 3. The van der Waals surface area contributed by atoms with E-state index in [2.05, 4.69) is 28.7 Å². The van der Waals surface area contributed by atoms with Crippen LogP contribution in [0.15, 0.2) is 66.7 Å². The van der Waals surface area contributed by atoms with Crippen LogP contribution in [-0.4, -0.2) is 4.92 Å². The Bertz CT molecular complexity index is 1100. The number of non-ortho nitro benzene ring substituents is 1. The van der Waals surface area contributed by atoms with E-state index in [1.807, 2.05) is 42.5 Å². The first-order chi connectivity index (χ1) is 14.0. The zero-order valence-electron chi connectivity index (χ0n) is 15.0. The molecule has 0 aromatic heterocycles. The Hall–Kier alpha value is -2.89. The molecule has 0 radical (unpaired) electrons. The molecule has 144 valence electrons. The molecule has 0 unspecified atom stereocenters. The molecule has 3 rings (SSSR count). The molecule has 0 bridgehead atoms. The van der Waals surface area contributed by atoms with Crippen LogP contribution >= 0.6 is 34.2 Å². The second kappa shape index (κ2) is 9.54. The van der Waals surface area contributed by atoms with E-state index in [9.17, 15) is 15.4 Å². The molecule has 0 spiro atoms. The third-order valence-electron chi connectivity index (χ3n) is 4.08. The Labute approximate surface area is 186 Å². The summed E-state index contributed by atoms with van der Waals surface area (Å²) in [5.74, 6) is 0.742. The SMILES string of the molecule is N#C/C(=C/c1ccc(OCc2ccc(Cl)cc2)c(I)c1)c1ccc([N+](=O)[O-])cc1. The van der Waals surface area contributed by atoms with Crippen molar-refractivity contribution in [1.82, 2.24) is 0 Å². The maximum absolute atomic E-state index is 10.8. The molecule has 0 saturated carbocycles. The van der Waals surface area contributed by atoms with Crippen molar-refractivity contribution in [2.75, 3.05) is 0 Å². The summed E-state index contributed by atoms with van der Waals surface area (Å²) < 4.78 is 6.78. The molecular formula is C22H14ClIN2O3. The second-order valence-electron chi connectivity index (χ2n) is 6.08. The van der Waals surface area contributed by atoms with Crippen molar-refractivity contribution in [1.29, 1.82) is 5.26 Å². The van der Waals surface area contributed by atoms with Gasteiger partial charge in [0.2, 0.25) is 0 Å². The van der Waals surface area contributed by atoms with Gasteiger partial charge in [0.15, 0.2) is 0 Å². The van der Waals surface area contributed by atoms with Gasteiger partial charge in [-0.3, -0.25) is 10.1 Å². The smallest absolute Gasteiger partial charge is 0.269 e. The maximum atomic E-state index is 10.8. The molecule has 5 nitrogen and oxygen atoms in total. The van der Waals surface area contributed by atoms with Crippen molar-refractivity contribution in [3.8, 4) is 11.8 Å². The first-order valence-electron chi connectivity index (χ1n) is 8.49. The molecule has 0 heterocycles. The Morgan fingerprint density at radius 1 is 1.14 bits per heavy atom. The minimum absolute atomic E-state index is 0.0113. The highest BCUT2D eigenvalue weighted by Crippen LogP contribution is 2.26. The minimum atomic E-state index is -0.468. The van der Waals surface area contributed by atoms with Gasteiger partial charge in [-0.1, -0.05) is 29.8 Å². The summed E-state index contributed by atoms with van der Waals surface area (Å²) in [5.41, 5.74) is 2.88. The standard InChI is InChI=1S/C22H14ClIN2O3/c23-19-6-1-15(2-7-19)14-29-22-10-3-16(12-21(22)24)11-18(13-25)17-4-8-20(9-5-17)26(27)28/h1-12H,14H2/b18-11-. The average molecular weight is 517 g/mol. The summed E-state index contributed by atoms with van der Waals surface area (Å²) in [7, 11) is 0. The summed E-state index contributed by atoms with van der Waals surface area (Å²) in [5, 5.41) is 20.9. The highest BCUT2D eigenvalue weighted by Gasteiger charge is 2.08. The van der Waals surface area contributed by atoms with Crippen LogP contribution in [0.1, 0.15) is 16.7 Å². The molecule has 0 N–H and O–H groups in total. The summed E-state index contributed by atoms with van der Waals surface area (Å²) in [6.07, 6.45) is 1.74. The Balaban J connectivity index is 1.76. The van der Waals surface area contributed by atoms with E-state index in [-0.39, 0.29) is 5.69 Å². The van der Waals surface area contributed by atoms with Crippen LogP contribution in [-0.2, 0) is 6.61 Å². The van der Waals surface area contributed by atoms with Crippen LogP contribution in [0.5, 0.6) is 5.75 Å². The molecule has 7 heteroatoms. The number of halogens is 2. The predicted molar refractivity (Wildman–Crippen MR) is 122 cm³/mol. The van der Waals surface area contributed by atoms with E-state index < -0.39 is 4.92 Å². The first-order valence-corrected chi connectivity index (χ1v) is 9.95. The quantitative estimate of drug-likeness (QED) is 0.123. The number of nitro benzene ring substituents is 1. The lowest BCUT2D eigenvalue weighted by Crippen LogP contribution is -1.97. The van der Waals surface area contributed by atoms with Gasteiger partial charge in [-0.05, 0) is 81.8 Å². The highest BCUT2D eigenvalue weighted by molar-refractivity contribution is 14.1. The third kappa shape index (κ3) is 5.56. The molecule has 0 saturated heterocycles. The van der Waals surface area contributed by atoms with E-state index in [4.69, 9.17) is 16.3 Å². The average Bonchev–Trinajstić information content (AvgIpc) is 2.72. The monoisotopic (exact) mass is 516 g/mol. The number of hydrogen-bond acceptors (Lipinski definition) is 4. The fourth-order valence-electron chi connectivity index (χ4n) is 2.58. The fraction of sp³-hybridized carbons (Fsp3) is 0.0455. The topological polar surface area (TPSA) is 76.2 Å². The van der Waals surface area contributed by atoms with Gasteiger partial charge in [0, 0.05) is 17.2 Å². The van der Waals surface area contributed by atoms with E-state index in [1.165, 1.54) is 12.1 Å². The minimum Gasteiger partial charge on any atom is -0.488 e. The van der Waals surface area contributed by atoms with Gasteiger partial charge in [0.05, 0.1) is 20.1 Å². The van der Waals surface area contributed by atoms with E-state index in [1.54, 1.807) is 18.2 Å². The molecule has 0 aliphatic heterocycles. The highest BCUT2D eigenvalue weighted by atomic mass is 127. The second-order valence-corrected chi connectivity index (χ2v) is 7.68. The summed E-state index contributed by atoms with van der Waals surface area (Å²) in [4.78, 5) is 10.3. The van der Waals surface area contributed by atoms with Gasteiger partial charge in [0.25, 0.3) is 5.69 Å². The Kier molecular flexibility index (Phi) is 6.86.